The minimum absolute atomic E-state index is 0.295. The van der Waals surface area contributed by atoms with Crippen LogP contribution in [0.2, 0.25) is 15.1 Å². The van der Waals surface area contributed by atoms with E-state index in [1.54, 1.807) is 29.2 Å². The number of carbonyl (C=O) groups excluding carboxylic acids is 1. The van der Waals surface area contributed by atoms with E-state index in [1.165, 1.54) is 6.07 Å². The van der Waals surface area contributed by atoms with Gasteiger partial charge in [-0.05, 0) is 29.8 Å². The van der Waals surface area contributed by atoms with Crippen molar-refractivity contribution in [3.63, 3.8) is 0 Å². The van der Waals surface area contributed by atoms with Crippen LogP contribution >= 0.6 is 34.8 Å². The number of carbonyl (C=O) groups is 1. The number of amides is 1. The molecule has 1 N–H and O–H groups in total. The summed E-state index contributed by atoms with van der Waals surface area (Å²) in [4.78, 5) is 12.3. The molecule has 4 nitrogen and oxygen atoms in total. The summed E-state index contributed by atoms with van der Waals surface area (Å²) in [6.45, 7) is 0.511. The smallest absolute Gasteiger partial charge is 0.257 e. The highest BCUT2D eigenvalue weighted by Gasteiger charge is 2.12. The minimum Gasteiger partial charge on any atom is -0.319 e. The maximum atomic E-state index is 12.3. The SMILES string of the molecule is O=C(Nc1cnn(Cc2ccccc2Cl)c1)c1ccc(Cl)cc1Cl. The quantitative estimate of drug-likeness (QED) is 0.681. The Morgan fingerprint density at radius 2 is 1.88 bits per heavy atom. The van der Waals surface area contributed by atoms with Crippen LogP contribution in [-0.4, -0.2) is 15.7 Å². The Bertz CT molecular complexity index is 892. The Morgan fingerprint density at radius 3 is 2.62 bits per heavy atom. The number of nitrogens with one attached hydrogen (secondary N) is 1. The number of benzene rings is 2. The molecule has 0 saturated carbocycles. The van der Waals surface area contributed by atoms with Crippen molar-refractivity contribution >= 4 is 46.4 Å². The largest absolute Gasteiger partial charge is 0.319 e. The highest BCUT2D eigenvalue weighted by Crippen LogP contribution is 2.22. The van der Waals surface area contributed by atoms with Gasteiger partial charge in [-0.1, -0.05) is 53.0 Å². The molecule has 1 amide bonds. The summed E-state index contributed by atoms with van der Waals surface area (Å²) in [7, 11) is 0. The van der Waals surface area contributed by atoms with Crippen LogP contribution in [0.1, 0.15) is 15.9 Å². The van der Waals surface area contributed by atoms with E-state index in [9.17, 15) is 4.79 Å². The predicted octanol–water partition coefficient (Wildman–Crippen LogP) is 5.14. The summed E-state index contributed by atoms with van der Waals surface area (Å²) < 4.78 is 1.69. The van der Waals surface area contributed by atoms with Crippen LogP contribution < -0.4 is 5.32 Å². The molecule has 3 aromatic rings. The van der Waals surface area contributed by atoms with Gasteiger partial charge in [-0.15, -0.1) is 0 Å². The maximum absolute atomic E-state index is 12.3. The van der Waals surface area contributed by atoms with E-state index in [4.69, 9.17) is 34.8 Å². The molecule has 0 atom stereocenters. The first-order valence-electron chi connectivity index (χ1n) is 7.05. The second kappa shape index (κ2) is 7.26. The third-order valence-electron chi connectivity index (χ3n) is 3.36. The van der Waals surface area contributed by atoms with Gasteiger partial charge in [-0.3, -0.25) is 9.48 Å². The maximum Gasteiger partial charge on any atom is 0.257 e. The molecule has 0 aliphatic carbocycles. The molecule has 122 valence electrons. The summed E-state index contributed by atoms with van der Waals surface area (Å²) in [6.07, 6.45) is 3.30. The van der Waals surface area contributed by atoms with Crippen molar-refractivity contribution in [2.45, 2.75) is 6.54 Å². The summed E-state index contributed by atoms with van der Waals surface area (Å²) in [5, 5.41) is 8.43. The number of rotatable bonds is 4. The van der Waals surface area contributed by atoms with Gasteiger partial charge in [0.1, 0.15) is 0 Å². The number of hydrogen-bond acceptors (Lipinski definition) is 2. The van der Waals surface area contributed by atoms with Crippen molar-refractivity contribution in [2.24, 2.45) is 0 Å². The highest BCUT2D eigenvalue weighted by molar-refractivity contribution is 6.37. The fourth-order valence-corrected chi connectivity index (χ4v) is 2.88. The third kappa shape index (κ3) is 3.90. The van der Waals surface area contributed by atoms with E-state index in [0.29, 0.717) is 32.9 Å². The number of aromatic nitrogens is 2. The lowest BCUT2D eigenvalue weighted by molar-refractivity contribution is 0.102. The molecule has 0 spiro atoms. The minimum atomic E-state index is -0.325. The molecule has 0 unspecified atom stereocenters. The second-order valence-electron chi connectivity index (χ2n) is 5.10. The van der Waals surface area contributed by atoms with Crippen LogP contribution in [-0.2, 0) is 6.54 Å². The standard InChI is InChI=1S/C17H12Cl3N3O/c18-12-5-6-14(16(20)7-12)17(24)22-13-8-21-23(10-13)9-11-3-1-2-4-15(11)19/h1-8,10H,9H2,(H,22,24). The van der Waals surface area contributed by atoms with Crippen LogP contribution in [0.15, 0.2) is 54.9 Å². The van der Waals surface area contributed by atoms with Crippen LogP contribution in [0.5, 0.6) is 0 Å². The summed E-state index contributed by atoms with van der Waals surface area (Å²) in [5.74, 6) is -0.325. The lowest BCUT2D eigenvalue weighted by Gasteiger charge is -2.05. The Morgan fingerprint density at radius 1 is 1.08 bits per heavy atom. The zero-order valence-corrected chi connectivity index (χ0v) is 14.6. The molecule has 0 aliphatic heterocycles. The van der Waals surface area contributed by atoms with Crippen LogP contribution in [0.25, 0.3) is 0 Å². The van der Waals surface area contributed by atoms with Gasteiger partial charge in [-0.2, -0.15) is 5.10 Å². The molecule has 0 bridgehead atoms. The van der Waals surface area contributed by atoms with Gasteiger partial charge < -0.3 is 5.32 Å². The molecule has 0 aliphatic rings. The average molecular weight is 381 g/mol. The molecule has 3 rings (SSSR count). The second-order valence-corrected chi connectivity index (χ2v) is 6.35. The zero-order chi connectivity index (χ0) is 17.1. The van der Waals surface area contributed by atoms with E-state index in [1.807, 2.05) is 24.3 Å². The van der Waals surface area contributed by atoms with E-state index >= 15 is 0 Å². The van der Waals surface area contributed by atoms with Gasteiger partial charge in [0.05, 0.1) is 29.0 Å². The Labute approximate surface area is 154 Å². The molecule has 0 radical (unpaired) electrons. The first-order chi connectivity index (χ1) is 11.5. The van der Waals surface area contributed by atoms with E-state index < -0.39 is 0 Å². The van der Waals surface area contributed by atoms with Crippen molar-refractivity contribution in [1.29, 1.82) is 0 Å². The Hall–Kier alpha value is -2.01. The van der Waals surface area contributed by atoms with E-state index in [0.717, 1.165) is 5.56 Å². The fourth-order valence-electron chi connectivity index (χ4n) is 2.19. The van der Waals surface area contributed by atoms with Crippen molar-refractivity contribution in [1.82, 2.24) is 9.78 Å². The molecular formula is C17H12Cl3N3O. The molecule has 0 saturated heterocycles. The number of anilines is 1. The first-order valence-corrected chi connectivity index (χ1v) is 8.18. The molecule has 0 fully saturated rings. The topological polar surface area (TPSA) is 46.9 Å². The predicted molar refractivity (Wildman–Crippen MR) is 97.2 cm³/mol. The molecule has 24 heavy (non-hydrogen) atoms. The first kappa shape index (κ1) is 16.8. The molecule has 7 heteroatoms. The van der Waals surface area contributed by atoms with Crippen molar-refractivity contribution in [3.8, 4) is 0 Å². The van der Waals surface area contributed by atoms with Crippen LogP contribution in [0.4, 0.5) is 5.69 Å². The summed E-state index contributed by atoms with van der Waals surface area (Å²) >= 11 is 18.0. The lowest BCUT2D eigenvalue weighted by atomic mass is 10.2. The van der Waals surface area contributed by atoms with Gasteiger partial charge >= 0.3 is 0 Å². The van der Waals surface area contributed by atoms with Crippen LogP contribution in [0.3, 0.4) is 0 Å². The summed E-state index contributed by atoms with van der Waals surface area (Å²) in [5.41, 5.74) is 1.86. The Balaban J connectivity index is 1.72. The van der Waals surface area contributed by atoms with Gasteiger partial charge in [-0.25, -0.2) is 0 Å². The molecule has 1 aromatic heterocycles. The van der Waals surface area contributed by atoms with Gasteiger partial charge in [0.15, 0.2) is 0 Å². The third-order valence-corrected chi connectivity index (χ3v) is 4.27. The van der Waals surface area contributed by atoms with Crippen LogP contribution in [0, 0.1) is 0 Å². The van der Waals surface area contributed by atoms with Gasteiger partial charge in [0.25, 0.3) is 5.91 Å². The normalized spacial score (nSPS) is 10.6. The van der Waals surface area contributed by atoms with E-state index in [2.05, 4.69) is 10.4 Å². The Kier molecular flexibility index (Phi) is 5.09. The average Bonchev–Trinajstić information content (AvgIpc) is 2.96. The summed E-state index contributed by atoms with van der Waals surface area (Å²) in [6, 6.07) is 12.3. The monoisotopic (exact) mass is 379 g/mol. The number of nitrogens with zero attached hydrogens (tertiary/aromatic N) is 2. The zero-order valence-electron chi connectivity index (χ0n) is 12.3. The van der Waals surface area contributed by atoms with Crippen molar-refractivity contribution in [2.75, 3.05) is 5.32 Å². The number of halogens is 3. The fraction of sp³-hybridized carbons (Fsp3) is 0.0588. The molecular weight excluding hydrogens is 369 g/mol. The highest BCUT2D eigenvalue weighted by atomic mass is 35.5. The van der Waals surface area contributed by atoms with Gasteiger partial charge in [0.2, 0.25) is 0 Å². The van der Waals surface area contributed by atoms with E-state index in [-0.39, 0.29) is 5.91 Å². The lowest BCUT2D eigenvalue weighted by Crippen LogP contribution is -2.12. The molecule has 2 aromatic carbocycles. The molecule has 1 heterocycles. The van der Waals surface area contributed by atoms with Crippen molar-refractivity contribution < 1.29 is 4.79 Å². The number of hydrogen-bond donors (Lipinski definition) is 1. The van der Waals surface area contributed by atoms with Gasteiger partial charge in [0, 0.05) is 16.2 Å². The van der Waals surface area contributed by atoms with Crippen molar-refractivity contribution in [3.05, 3.63) is 81.1 Å².